The number of benzene rings is 3. The first-order valence-corrected chi connectivity index (χ1v) is 17.0. The number of anilines is 1. The van der Waals surface area contributed by atoms with Crippen LogP contribution in [0.2, 0.25) is 0 Å². The van der Waals surface area contributed by atoms with Gasteiger partial charge in [-0.2, -0.15) is 0 Å². The van der Waals surface area contributed by atoms with E-state index in [1.54, 1.807) is 55.5 Å². The Morgan fingerprint density at radius 1 is 1.00 bits per heavy atom. The minimum Gasteiger partial charge on any atom is -0.494 e. The molecular formula is C32H38FN3O5S2. The fourth-order valence-electron chi connectivity index (χ4n) is 5.04. The average molecular weight is 628 g/mol. The normalized spacial score (nSPS) is 14.2. The first-order chi connectivity index (χ1) is 20.6. The van der Waals surface area contributed by atoms with Crippen molar-refractivity contribution < 1.29 is 27.1 Å². The summed E-state index contributed by atoms with van der Waals surface area (Å²) in [7, 11) is -4.19. The minimum absolute atomic E-state index is 0.00203. The van der Waals surface area contributed by atoms with Crippen LogP contribution in [0.15, 0.2) is 82.6 Å². The van der Waals surface area contributed by atoms with Crippen LogP contribution in [0, 0.1) is 5.82 Å². The first kappa shape index (κ1) is 32.3. The van der Waals surface area contributed by atoms with Crippen molar-refractivity contribution in [3.63, 3.8) is 0 Å². The topological polar surface area (TPSA) is 96.0 Å². The molecule has 0 saturated heterocycles. The first-order valence-electron chi connectivity index (χ1n) is 14.4. The molecule has 0 aliphatic heterocycles. The van der Waals surface area contributed by atoms with Crippen LogP contribution in [0.25, 0.3) is 0 Å². The van der Waals surface area contributed by atoms with Crippen molar-refractivity contribution in [1.29, 1.82) is 0 Å². The molecule has 0 unspecified atom stereocenters. The second kappa shape index (κ2) is 14.7. The molecule has 3 aromatic carbocycles. The Bertz CT molecular complexity index is 1480. The predicted molar refractivity (Wildman–Crippen MR) is 167 cm³/mol. The van der Waals surface area contributed by atoms with E-state index in [2.05, 4.69) is 5.32 Å². The van der Waals surface area contributed by atoms with Gasteiger partial charge in [0.1, 0.15) is 24.2 Å². The van der Waals surface area contributed by atoms with Crippen LogP contribution in [-0.2, 0) is 26.2 Å². The summed E-state index contributed by atoms with van der Waals surface area (Å²) in [5, 5.41) is 3.04. The highest BCUT2D eigenvalue weighted by Gasteiger charge is 2.33. The van der Waals surface area contributed by atoms with Gasteiger partial charge in [-0.3, -0.25) is 13.9 Å². The van der Waals surface area contributed by atoms with Crippen molar-refractivity contribution >= 4 is 39.3 Å². The van der Waals surface area contributed by atoms with E-state index in [9.17, 15) is 22.4 Å². The Morgan fingerprint density at radius 3 is 2.21 bits per heavy atom. The summed E-state index contributed by atoms with van der Waals surface area (Å²) in [6, 6.07) is 17.8. The zero-order chi connectivity index (χ0) is 31.0. The summed E-state index contributed by atoms with van der Waals surface area (Å²) in [4.78, 5) is 29.7. The van der Waals surface area contributed by atoms with Gasteiger partial charge < -0.3 is 15.0 Å². The number of hydrogen-bond donors (Lipinski definition) is 1. The maximum atomic E-state index is 14.1. The van der Waals surface area contributed by atoms with Crippen LogP contribution >= 0.6 is 11.8 Å². The molecule has 1 atom stereocenters. The number of nitrogens with one attached hydrogen (secondary N) is 1. The van der Waals surface area contributed by atoms with Crippen molar-refractivity contribution in [3.8, 4) is 5.75 Å². The van der Waals surface area contributed by atoms with E-state index in [1.165, 1.54) is 40.9 Å². The number of halogens is 1. The highest BCUT2D eigenvalue weighted by atomic mass is 32.2. The highest BCUT2D eigenvalue weighted by Crippen LogP contribution is 2.28. The molecule has 43 heavy (non-hydrogen) atoms. The second-order valence-corrected chi connectivity index (χ2v) is 13.2. The zero-order valence-corrected chi connectivity index (χ0v) is 26.3. The van der Waals surface area contributed by atoms with Crippen molar-refractivity contribution in [2.24, 2.45) is 0 Å². The third-order valence-electron chi connectivity index (χ3n) is 7.50. The summed E-state index contributed by atoms with van der Waals surface area (Å²) >= 11 is 1.49. The largest absolute Gasteiger partial charge is 0.494 e. The second-order valence-electron chi connectivity index (χ2n) is 10.4. The van der Waals surface area contributed by atoms with Gasteiger partial charge in [0.25, 0.3) is 10.0 Å². The molecule has 0 spiro atoms. The molecule has 3 aromatic rings. The predicted octanol–water partition coefficient (Wildman–Crippen LogP) is 5.62. The third kappa shape index (κ3) is 8.29. The van der Waals surface area contributed by atoms with Crippen LogP contribution in [0.5, 0.6) is 5.75 Å². The van der Waals surface area contributed by atoms with E-state index in [1.807, 2.05) is 13.2 Å². The highest BCUT2D eigenvalue weighted by molar-refractivity contribution is 7.98. The molecule has 1 aliphatic rings. The molecular weight excluding hydrogens is 590 g/mol. The lowest BCUT2D eigenvalue weighted by atomic mass is 10.1. The summed E-state index contributed by atoms with van der Waals surface area (Å²) in [6.45, 7) is 3.37. The molecule has 4 rings (SSSR count). The van der Waals surface area contributed by atoms with Crippen molar-refractivity contribution in [1.82, 2.24) is 10.2 Å². The lowest BCUT2D eigenvalue weighted by Crippen LogP contribution is -2.52. The SMILES string of the molecule is CCOc1ccc(N(CC(=O)N(Cc2ccc(F)cc2)[C@@H](C)C(=O)NC2CCCC2)S(=O)(=O)c2ccc(SC)cc2)cc1. The molecule has 1 aliphatic carbocycles. The van der Waals surface area contributed by atoms with Crippen molar-refractivity contribution in [2.75, 3.05) is 23.7 Å². The van der Waals surface area contributed by atoms with Crippen molar-refractivity contribution in [3.05, 3.63) is 84.2 Å². The van der Waals surface area contributed by atoms with E-state index in [0.29, 0.717) is 17.9 Å². The Morgan fingerprint density at radius 2 is 1.63 bits per heavy atom. The quantitative estimate of drug-likeness (QED) is 0.247. The van der Waals surface area contributed by atoms with Crippen LogP contribution in [0.4, 0.5) is 10.1 Å². The number of hydrogen-bond acceptors (Lipinski definition) is 6. The van der Waals surface area contributed by atoms with Gasteiger partial charge in [0.2, 0.25) is 11.8 Å². The third-order valence-corrected chi connectivity index (χ3v) is 10.0. The average Bonchev–Trinajstić information content (AvgIpc) is 3.53. The van der Waals surface area contributed by atoms with E-state index in [0.717, 1.165) is 34.9 Å². The standard InChI is InChI=1S/C32H38FN3O5S2/c1-4-41-28-15-13-27(14-16-28)36(43(39,40)30-19-17-29(42-3)18-20-30)22-31(37)35(21-24-9-11-25(33)12-10-24)23(2)32(38)34-26-7-5-6-8-26/h9-20,23,26H,4-8,21-22H2,1-3H3,(H,34,38)/t23-/m0/s1. The van der Waals surface area contributed by atoms with Gasteiger partial charge in [-0.25, -0.2) is 12.8 Å². The van der Waals surface area contributed by atoms with Gasteiger partial charge in [0.05, 0.1) is 17.2 Å². The van der Waals surface area contributed by atoms with Gasteiger partial charge >= 0.3 is 0 Å². The lowest BCUT2D eigenvalue weighted by molar-refractivity contribution is -0.139. The number of carbonyl (C=O) groups excluding carboxylic acids is 2. The van der Waals surface area contributed by atoms with Gasteiger partial charge in [0.15, 0.2) is 0 Å². The number of carbonyl (C=O) groups is 2. The molecule has 0 aromatic heterocycles. The molecule has 230 valence electrons. The van der Waals surface area contributed by atoms with E-state index in [4.69, 9.17) is 4.74 Å². The van der Waals surface area contributed by atoms with Crippen molar-refractivity contribution in [2.45, 2.75) is 68.0 Å². The van der Waals surface area contributed by atoms with Gasteiger partial charge in [0, 0.05) is 17.5 Å². The number of ether oxygens (including phenoxy) is 1. The molecule has 2 amide bonds. The molecule has 1 saturated carbocycles. The fraction of sp³-hybridized carbons (Fsp3) is 0.375. The van der Waals surface area contributed by atoms with Crippen LogP contribution in [-0.4, -0.2) is 56.6 Å². The number of sulfonamides is 1. The number of amides is 2. The Balaban J connectivity index is 1.68. The van der Waals surface area contributed by atoms with Gasteiger partial charge in [-0.05, 0) is 99.2 Å². The number of thioether (sulfide) groups is 1. The van der Waals surface area contributed by atoms with Crippen LogP contribution in [0.3, 0.4) is 0 Å². The summed E-state index contributed by atoms with van der Waals surface area (Å²) < 4.78 is 48.3. The van der Waals surface area contributed by atoms with Gasteiger partial charge in [-0.1, -0.05) is 25.0 Å². The molecule has 0 heterocycles. The maximum absolute atomic E-state index is 14.1. The fourth-order valence-corrected chi connectivity index (χ4v) is 6.86. The summed E-state index contributed by atoms with van der Waals surface area (Å²) in [6.07, 6.45) is 5.72. The maximum Gasteiger partial charge on any atom is 0.264 e. The van der Waals surface area contributed by atoms with Crippen LogP contribution < -0.4 is 14.4 Å². The molecule has 0 bridgehead atoms. The Kier molecular flexibility index (Phi) is 11.1. The monoisotopic (exact) mass is 627 g/mol. The van der Waals surface area contributed by atoms with Crippen LogP contribution in [0.1, 0.15) is 45.1 Å². The zero-order valence-electron chi connectivity index (χ0n) is 24.7. The number of nitrogens with zero attached hydrogens (tertiary/aromatic N) is 2. The molecule has 8 nitrogen and oxygen atoms in total. The Labute approximate surface area is 257 Å². The number of rotatable bonds is 13. The smallest absolute Gasteiger partial charge is 0.264 e. The molecule has 1 fully saturated rings. The van der Waals surface area contributed by atoms with E-state index >= 15 is 0 Å². The minimum atomic E-state index is -4.19. The van der Waals surface area contributed by atoms with E-state index in [-0.39, 0.29) is 29.1 Å². The Hall–Kier alpha value is -3.57. The molecule has 11 heteroatoms. The lowest BCUT2D eigenvalue weighted by Gasteiger charge is -2.32. The summed E-state index contributed by atoms with van der Waals surface area (Å²) in [5.41, 5.74) is 0.883. The van der Waals surface area contributed by atoms with Gasteiger partial charge in [-0.15, -0.1) is 11.8 Å². The molecule has 1 N–H and O–H groups in total. The van der Waals surface area contributed by atoms with E-state index < -0.39 is 34.3 Å². The molecule has 0 radical (unpaired) electrons. The summed E-state index contributed by atoms with van der Waals surface area (Å²) in [5.74, 6) is -0.745.